The minimum absolute atomic E-state index is 0.338. The number of halogens is 1. The van der Waals surface area contributed by atoms with Crippen LogP contribution in [0.5, 0.6) is 0 Å². The smallest absolute Gasteiger partial charge is 0.339 e. The monoisotopic (exact) mass is 239 g/mol. The predicted octanol–water partition coefficient (Wildman–Crippen LogP) is 2.95. The zero-order valence-electron chi connectivity index (χ0n) is 9.13. The Kier molecular flexibility index (Phi) is 3.34. The van der Waals surface area contributed by atoms with E-state index in [1.165, 1.54) is 20.0 Å². The number of esters is 1. The third kappa shape index (κ3) is 2.67. The van der Waals surface area contributed by atoms with E-state index in [1.807, 2.05) is 0 Å². The highest BCUT2D eigenvalue weighted by Gasteiger charge is 2.21. The number of carbonyl (C=O) groups is 1. The van der Waals surface area contributed by atoms with Crippen LogP contribution in [0.1, 0.15) is 23.2 Å². The Morgan fingerprint density at radius 2 is 2.31 bits per heavy atom. The van der Waals surface area contributed by atoms with Gasteiger partial charge >= 0.3 is 5.97 Å². The first-order valence-corrected chi connectivity index (χ1v) is 5.70. The van der Waals surface area contributed by atoms with E-state index in [0.717, 1.165) is 18.2 Å². The van der Waals surface area contributed by atoms with Gasteiger partial charge in [-0.05, 0) is 37.0 Å². The van der Waals surface area contributed by atoms with Crippen LogP contribution in [0, 0.1) is 5.92 Å². The van der Waals surface area contributed by atoms with Gasteiger partial charge in [-0.2, -0.15) is 0 Å². The Balaban J connectivity index is 2.16. The van der Waals surface area contributed by atoms with Gasteiger partial charge in [-0.15, -0.1) is 0 Å². The van der Waals surface area contributed by atoms with Crippen molar-refractivity contribution in [3.05, 3.63) is 28.8 Å². The van der Waals surface area contributed by atoms with Crippen molar-refractivity contribution in [2.75, 3.05) is 19.0 Å². The lowest BCUT2D eigenvalue weighted by Crippen LogP contribution is -2.10. The summed E-state index contributed by atoms with van der Waals surface area (Å²) in [6.45, 7) is 0.893. The molecule has 0 saturated heterocycles. The molecule has 16 heavy (non-hydrogen) atoms. The molecule has 1 aromatic rings. The van der Waals surface area contributed by atoms with Crippen molar-refractivity contribution in [1.29, 1.82) is 0 Å². The summed E-state index contributed by atoms with van der Waals surface area (Å²) >= 11 is 5.90. The maximum atomic E-state index is 11.5. The van der Waals surface area contributed by atoms with E-state index >= 15 is 0 Å². The maximum absolute atomic E-state index is 11.5. The molecule has 0 heterocycles. The Morgan fingerprint density at radius 3 is 2.94 bits per heavy atom. The van der Waals surface area contributed by atoms with Crippen molar-refractivity contribution >= 4 is 23.3 Å². The average molecular weight is 240 g/mol. The predicted molar refractivity (Wildman–Crippen MR) is 64.0 cm³/mol. The first-order valence-electron chi connectivity index (χ1n) is 5.32. The molecule has 0 aliphatic heterocycles. The standard InChI is InChI=1S/C12H14ClNO2/c1-16-12(15)10-5-4-9(13)6-11(10)14-7-8-2-3-8/h4-6,8,14H,2-3,7H2,1H3. The molecule has 0 spiro atoms. The topological polar surface area (TPSA) is 38.3 Å². The van der Waals surface area contributed by atoms with Gasteiger partial charge in [-0.1, -0.05) is 11.6 Å². The number of anilines is 1. The molecular formula is C12H14ClNO2. The van der Waals surface area contributed by atoms with Crippen LogP contribution in [0.3, 0.4) is 0 Å². The fourth-order valence-corrected chi connectivity index (χ4v) is 1.70. The molecule has 1 saturated carbocycles. The Hall–Kier alpha value is -1.22. The minimum atomic E-state index is -0.338. The van der Waals surface area contributed by atoms with Gasteiger partial charge in [0.15, 0.2) is 0 Å². The molecule has 3 nitrogen and oxygen atoms in total. The van der Waals surface area contributed by atoms with Crippen LogP contribution < -0.4 is 5.32 Å². The molecular weight excluding hydrogens is 226 g/mol. The molecule has 2 rings (SSSR count). The van der Waals surface area contributed by atoms with Gasteiger partial charge in [0, 0.05) is 11.6 Å². The van der Waals surface area contributed by atoms with Gasteiger partial charge in [-0.25, -0.2) is 4.79 Å². The van der Waals surface area contributed by atoms with E-state index in [9.17, 15) is 4.79 Å². The SMILES string of the molecule is COC(=O)c1ccc(Cl)cc1NCC1CC1. The molecule has 1 aliphatic carbocycles. The summed E-state index contributed by atoms with van der Waals surface area (Å²) in [5.41, 5.74) is 1.29. The first kappa shape index (κ1) is 11.3. The summed E-state index contributed by atoms with van der Waals surface area (Å²) < 4.78 is 4.72. The number of ether oxygens (including phenoxy) is 1. The highest BCUT2D eigenvalue weighted by molar-refractivity contribution is 6.31. The maximum Gasteiger partial charge on any atom is 0.339 e. The van der Waals surface area contributed by atoms with Crippen molar-refractivity contribution in [1.82, 2.24) is 0 Å². The third-order valence-electron chi connectivity index (χ3n) is 2.67. The van der Waals surface area contributed by atoms with Gasteiger partial charge in [0.05, 0.1) is 18.4 Å². The lowest BCUT2D eigenvalue weighted by atomic mass is 10.1. The van der Waals surface area contributed by atoms with Gasteiger partial charge < -0.3 is 10.1 Å². The second kappa shape index (κ2) is 4.74. The summed E-state index contributed by atoms with van der Waals surface area (Å²) in [5.74, 6) is 0.402. The summed E-state index contributed by atoms with van der Waals surface area (Å²) in [7, 11) is 1.38. The quantitative estimate of drug-likeness (QED) is 0.821. The number of nitrogens with one attached hydrogen (secondary N) is 1. The molecule has 1 aromatic carbocycles. The number of rotatable bonds is 4. The van der Waals surface area contributed by atoms with E-state index in [2.05, 4.69) is 5.32 Å². The summed E-state index contributed by atoms with van der Waals surface area (Å²) in [4.78, 5) is 11.5. The van der Waals surface area contributed by atoms with Crippen LogP contribution in [0.2, 0.25) is 5.02 Å². The summed E-state index contributed by atoms with van der Waals surface area (Å²) in [6.07, 6.45) is 2.53. The fraction of sp³-hybridized carbons (Fsp3) is 0.417. The number of benzene rings is 1. The second-order valence-corrected chi connectivity index (χ2v) is 4.44. The zero-order valence-corrected chi connectivity index (χ0v) is 9.88. The van der Waals surface area contributed by atoms with Crippen LogP contribution in [0.25, 0.3) is 0 Å². The van der Waals surface area contributed by atoms with Crippen molar-refractivity contribution in [2.24, 2.45) is 5.92 Å². The Labute approximate surface area is 99.7 Å². The van der Waals surface area contributed by atoms with E-state index in [-0.39, 0.29) is 5.97 Å². The molecule has 0 atom stereocenters. The normalized spacial score (nSPS) is 14.6. The van der Waals surface area contributed by atoms with Crippen molar-refractivity contribution in [2.45, 2.75) is 12.8 Å². The molecule has 86 valence electrons. The number of carbonyl (C=O) groups excluding carboxylic acids is 1. The van der Waals surface area contributed by atoms with Crippen molar-refractivity contribution in [3.8, 4) is 0 Å². The van der Waals surface area contributed by atoms with Crippen LogP contribution in [-0.2, 0) is 4.74 Å². The largest absolute Gasteiger partial charge is 0.465 e. The Bertz CT molecular complexity index is 402. The van der Waals surface area contributed by atoms with Crippen LogP contribution >= 0.6 is 11.6 Å². The lowest BCUT2D eigenvalue weighted by Gasteiger charge is -2.10. The Morgan fingerprint density at radius 1 is 1.56 bits per heavy atom. The third-order valence-corrected chi connectivity index (χ3v) is 2.90. The molecule has 0 bridgehead atoms. The van der Waals surface area contributed by atoms with E-state index in [4.69, 9.17) is 16.3 Å². The number of methoxy groups -OCH3 is 1. The van der Waals surface area contributed by atoms with Crippen LogP contribution in [-0.4, -0.2) is 19.6 Å². The minimum Gasteiger partial charge on any atom is -0.465 e. The summed E-state index contributed by atoms with van der Waals surface area (Å²) in [6, 6.07) is 5.13. The number of hydrogen-bond donors (Lipinski definition) is 1. The van der Waals surface area contributed by atoms with Crippen molar-refractivity contribution < 1.29 is 9.53 Å². The van der Waals surface area contributed by atoms with E-state index in [0.29, 0.717) is 10.6 Å². The highest BCUT2D eigenvalue weighted by Crippen LogP contribution is 2.30. The molecule has 1 fully saturated rings. The fourth-order valence-electron chi connectivity index (χ4n) is 1.53. The lowest BCUT2D eigenvalue weighted by molar-refractivity contribution is 0.0602. The molecule has 0 aromatic heterocycles. The highest BCUT2D eigenvalue weighted by atomic mass is 35.5. The van der Waals surface area contributed by atoms with Crippen molar-refractivity contribution in [3.63, 3.8) is 0 Å². The molecule has 1 aliphatic rings. The van der Waals surface area contributed by atoms with E-state index in [1.54, 1.807) is 18.2 Å². The average Bonchev–Trinajstić information content (AvgIpc) is 3.09. The van der Waals surface area contributed by atoms with Crippen LogP contribution in [0.15, 0.2) is 18.2 Å². The molecule has 0 unspecified atom stereocenters. The van der Waals surface area contributed by atoms with E-state index < -0.39 is 0 Å². The molecule has 0 radical (unpaired) electrons. The van der Waals surface area contributed by atoms with Gasteiger partial charge in [-0.3, -0.25) is 0 Å². The summed E-state index contributed by atoms with van der Waals surface area (Å²) in [5, 5.41) is 3.86. The van der Waals surface area contributed by atoms with Gasteiger partial charge in [0.2, 0.25) is 0 Å². The first-order chi connectivity index (χ1) is 7.70. The zero-order chi connectivity index (χ0) is 11.5. The van der Waals surface area contributed by atoms with Gasteiger partial charge in [0.1, 0.15) is 0 Å². The van der Waals surface area contributed by atoms with Crippen LogP contribution in [0.4, 0.5) is 5.69 Å². The molecule has 4 heteroatoms. The number of hydrogen-bond acceptors (Lipinski definition) is 3. The molecule has 1 N–H and O–H groups in total. The molecule has 0 amide bonds. The second-order valence-electron chi connectivity index (χ2n) is 4.01. The van der Waals surface area contributed by atoms with Gasteiger partial charge in [0.25, 0.3) is 0 Å².